The molecule has 3 heteroatoms. The second kappa shape index (κ2) is 6.11. The van der Waals surface area contributed by atoms with Gasteiger partial charge in [0, 0.05) is 10.0 Å². The molecule has 0 heterocycles. The zero-order chi connectivity index (χ0) is 13.8. The van der Waals surface area contributed by atoms with Gasteiger partial charge in [-0.25, -0.2) is 0 Å². The van der Waals surface area contributed by atoms with Crippen LogP contribution in [-0.4, -0.2) is 7.11 Å². The lowest BCUT2D eigenvalue weighted by atomic mass is 10.1. The average molecular weight is 321 g/mol. The summed E-state index contributed by atoms with van der Waals surface area (Å²) in [5.41, 5.74) is 3.48. The number of ether oxygens (including phenoxy) is 2. The van der Waals surface area contributed by atoms with Gasteiger partial charge in [0.05, 0.1) is 7.11 Å². The molecule has 0 amide bonds. The zero-order valence-corrected chi connectivity index (χ0v) is 13.0. The summed E-state index contributed by atoms with van der Waals surface area (Å²) >= 11 is 3.53. The van der Waals surface area contributed by atoms with E-state index in [2.05, 4.69) is 35.8 Å². The molecule has 0 bridgehead atoms. The third-order valence-electron chi connectivity index (χ3n) is 2.84. The van der Waals surface area contributed by atoms with Crippen LogP contribution in [0.25, 0.3) is 0 Å². The summed E-state index contributed by atoms with van der Waals surface area (Å²) in [6.07, 6.45) is 0. The zero-order valence-electron chi connectivity index (χ0n) is 11.4. The summed E-state index contributed by atoms with van der Waals surface area (Å²) in [6, 6.07) is 12.1. The molecule has 0 aromatic heterocycles. The van der Waals surface area contributed by atoms with Crippen molar-refractivity contribution < 1.29 is 9.47 Å². The second-order valence-electron chi connectivity index (χ2n) is 4.57. The van der Waals surface area contributed by atoms with Gasteiger partial charge in [0.25, 0.3) is 0 Å². The Balaban J connectivity index is 2.13. The van der Waals surface area contributed by atoms with Gasteiger partial charge < -0.3 is 9.47 Å². The highest BCUT2D eigenvalue weighted by molar-refractivity contribution is 9.10. The molecule has 0 radical (unpaired) electrons. The van der Waals surface area contributed by atoms with Gasteiger partial charge in [0.1, 0.15) is 18.1 Å². The van der Waals surface area contributed by atoms with Gasteiger partial charge in [-0.1, -0.05) is 22.0 Å². The standard InChI is InChI=1S/C16H17BrO2/c1-11-6-12(2)8-15(7-11)19-10-13-9-14(18-3)4-5-16(13)17/h4-9H,10H2,1-3H3. The van der Waals surface area contributed by atoms with Crippen LogP contribution in [0.5, 0.6) is 11.5 Å². The van der Waals surface area contributed by atoms with Crippen molar-refractivity contribution in [3.05, 3.63) is 57.6 Å². The van der Waals surface area contributed by atoms with E-state index < -0.39 is 0 Å². The molecule has 0 fully saturated rings. The molecule has 2 rings (SSSR count). The minimum atomic E-state index is 0.515. The molecule has 0 aliphatic heterocycles. The molecule has 0 unspecified atom stereocenters. The lowest BCUT2D eigenvalue weighted by Crippen LogP contribution is -1.98. The molecule has 0 aliphatic rings. The van der Waals surface area contributed by atoms with Gasteiger partial charge in [-0.15, -0.1) is 0 Å². The van der Waals surface area contributed by atoms with Gasteiger partial charge in [0.2, 0.25) is 0 Å². The fourth-order valence-corrected chi connectivity index (χ4v) is 2.33. The Morgan fingerprint density at radius 1 is 0.947 bits per heavy atom. The first kappa shape index (κ1) is 13.9. The van der Waals surface area contributed by atoms with E-state index in [-0.39, 0.29) is 0 Å². The summed E-state index contributed by atoms with van der Waals surface area (Å²) in [7, 11) is 1.66. The number of halogens is 1. The lowest BCUT2D eigenvalue weighted by molar-refractivity contribution is 0.304. The van der Waals surface area contributed by atoms with Crippen molar-refractivity contribution in [2.75, 3.05) is 7.11 Å². The molecule has 0 spiro atoms. The smallest absolute Gasteiger partial charge is 0.120 e. The molecule has 2 aromatic carbocycles. The normalized spacial score (nSPS) is 10.3. The summed E-state index contributed by atoms with van der Waals surface area (Å²) in [5, 5.41) is 0. The SMILES string of the molecule is COc1ccc(Br)c(COc2cc(C)cc(C)c2)c1. The number of benzene rings is 2. The van der Waals surface area contributed by atoms with E-state index >= 15 is 0 Å². The predicted molar refractivity (Wildman–Crippen MR) is 80.9 cm³/mol. The van der Waals surface area contributed by atoms with Crippen LogP contribution in [0.3, 0.4) is 0 Å². The Hall–Kier alpha value is -1.48. The monoisotopic (exact) mass is 320 g/mol. The summed E-state index contributed by atoms with van der Waals surface area (Å²) in [6.45, 7) is 4.66. The van der Waals surface area contributed by atoms with Crippen LogP contribution in [0.2, 0.25) is 0 Å². The second-order valence-corrected chi connectivity index (χ2v) is 5.42. The average Bonchev–Trinajstić information content (AvgIpc) is 2.37. The van der Waals surface area contributed by atoms with Crippen molar-refractivity contribution in [2.45, 2.75) is 20.5 Å². The van der Waals surface area contributed by atoms with E-state index in [9.17, 15) is 0 Å². The van der Waals surface area contributed by atoms with E-state index in [1.165, 1.54) is 11.1 Å². The van der Waals surface area contributed by atoms with Gasteiger partial charge in [-0.2, -0.15) is 0 Å². The van der Waals surface area contributed by atoms with E-state index in [0.29, 0.717) is 6.61 Å². The number of methoxy groups -OCH3 is 1. The number of rotatable bonds is 4. The van der Waals surface area contributed by atoms with Crippen molar-refractivity contribution in [1.82, 2.24) is 0 Å². The molecule has 0 saturated carbocycles. The first-order chi connectivity index (χ1) is 9.08. The van der Waals surface area contributed by atoms with E-state index in [1.54, 1.807) is 7.11 Å². The van der Waals surface area contributed by atoms with E-state index in [1.807, 2.05) is 30.3 Å². The fraction of sp³-hybridized carbons (Fsp3) is 0.250. The van der Waals surface area contributed by atoms with Crippen LogP contribution < -0.4 is 9.47 Å². The van der Waals surface area contributed by atoms with Crippen LogP contribution >= 0.6 is 15.9 Å². The minimum Gasteiger partial charge on any atom is -0.497 e. The van der Waals surface area contributed by atoms with Crippen LogP contribution in [0.4, 0.5) is 0 Å². The summed E-state index contributed by atoms with van der Waals surface area (Å²) < 4.78 is 12.1. The topological polar surface area (TPSA) is 18.5 Å². The Kier molecular flexibility index (Phi) is 4.48. The largest absolute Gasteiger partial charge is 0.497 e. The highest BCUT2D eigenvalue weighted by Crippen LogP contribution is 2.24. The third-order valence-corrected chi connectivity index (χ3v) is 3.62. The number of hydrogen-bond donors (Lipinski definition) is 0. The number of aryl methyl sites for hydroxylation is 2. The number of hydrogen-bond acceptors (Lipinski definition) is 2. The quantitative estimate of drug-likeness (QED) is 0.816. The molecule has 2 nitrogen and oxygen atoms in total. The van der Waals surface area contributed by atoms with Crippen molar-refractivity contribution in [3.8, 4) is 11.5 Å². The predicted octanol–water partition coefficient (Wildman–Crippen LogP) is 4.65. The maximum atomic E-state index is 5.85. The van der Waals surface area contributed by atoms with E-state index in [4.69, 9.17) is 9.47 Å². The minimum absolute atomic E-state index is 0.515. The molecular formula is C16H17BrO2. The molecule has 2 aromatic rings. The van der Waals surface area contributed by atoms with Crippen molar-refractivity contribution >= 4 is 15.9 Å². The Labute approximate surface area is 122 Å². The molecule has 0 aliphatic carbocycles. The molecule has 0 saturated heterocycles. The first-order valence-corrected chi connectivity index (χ1v) is 6.91. The van der Waals surface area contributed by atoms with Gasteiger partial charge in [0.15, 0.2) is 0 Å². The van der Waals surface area contributed by atoms with Gasteiger partial charge >= 0.3 is 0 Å². The van der Waals surface area contributed by atoms with Crippen LogP contribution in [-0.2, 0) is 6.61 Å². The molecule has 0 atom stereocenters. The maximum absolute atomic E-state index is 5.85. The first-order valence-electron chi connectivity index (χ1n) is 6.12. The third kappa shape index (κ3) is 3.74. The Morgan fingerprint density at radius 2 is 1.63 bits per heavy atom. The molecular weight excluding hydrogens is 304 g/mol. The van der Waals surface area contributed by atoms with Gasteiger partial charge in [-0.3, -0.25) is 0 Å². The Morgan fingerprint density at radius 3 is 2.26 bits per heavy atom. The summed E-state index contributed by atoms with van der Waals surface area (Å²) in [4.78, 5) is 0. The van der Waals surface area contributed by atoms with Crippen molar-refractivity contribution in [3.63, 3.8) is 0 Å². The van der Waals surface area contributed by atoms with Crippen LogP contribution in [0.1, 0.15) is 16.7 Å². The van der Waals surface area contributed by atoms with Crippen LogP contribution in [0.15, 0.2) is 40.9 Å². The maximum Gasteiger partial charge on any atom is 0.120 e. The molecule has 0 N–H and O–H groups in total. The van der Waals surface area contributed by atoms with Crippen LogP contribution in [0, 0.1) is 13.8 Å². The highest BCUT2D eigenvalue weighted by Gasteiger charge is 2.04. The fourth-order valence-electron chi connectivity index (χ4n) is 1.97. The highest BCUT2D eigenvalue weighted by atomic mass is 79.9. The Bertz CT molecular complexity index is 559. The van der Waals surface area contributed by atoms with Crippen molar-refractivity contribution in [1.29, 1.82) is 0 Å². The van der Waals surface area contributed by atoms with Gasteiger partial charge in [-0.05, 0) is 55.3 Å². The molecule has 100 valence electrons. The van der Waals surface area contributed by atoms with E-state index in [0.717, 1.165) is 21.5 Å². The van der Waals surface area contributed by atoms with Crippen molar-refractivity contribution in [2.24, 2.45) is 0 Å². The molecule has 19 heavy (non-hydrogen) atoms. The lowest BCUT2D eigenvalue weighted by Gasteiger charge is -2.11. The summed E-state index contributed by atoms with van der Waals surface area (Å²) in [5.74, 6) is 1.73.